The lowest BCUT2D eigenvalue weighted by Gasteiger charge is -2.67. The van der Waals surface area contributed by atoms with E-state index in [0.717, 1.165) is 25.5 Å². The lowest BCUT2D eigenvalue weighted by Crippen LogP contribution is -2.61. The zero-order valence-corrected chi connectivity index (χ0v) is 7.17. The molecule has 0 unspecified atom stereocenters. The number of carbonyl (C=O) groups excluding carboxylic acids is 2. The molecule has 0 spiro atoms. The van der Waals surface area contributed by atoms with Gasteiger partial charge in [-0.1, -0.05) is 6.08 Å². The SMILES string of the molecule is CC(=O)/C=C/C12CC(C=O)(C1)C2. The minimum atomic E-state index is 0.0150. The molecule has 0 atom stereocenters. The molecule has 0 aromatic heterocycles. The van der Waals surface area contributed by atoms with Crippen molar-refractivity contribution < 1.29 is 9.59 Å². The van der Waals surface area contributed by atoms with E-state index in [9.17, 15) is 9.59 Å². The maximum absolute atomic E-state index is 10.6. The third-order valence-corrected chi connectivity index (χ3v) is 3.03. The van der Waals surface area contributed by atoms with Crippen molar-refractivity contribution in [3.63, 3.8) is 0 Å². The van der Waals surface area contributed by atoms with Gasteiger partial charge in [0.05, 0.1) is 0 Å². The zero-order valence-electron chi connectivity index (χ0n) is 7.17. The van der Waals surface area contributed by atoms with E-state index in [4.69, 9.17) is 0 Å². The lowest BCUT2D eigenvalue weighted by atomic mass is 9.36. The number of ketones is 1. The van der Waals surface area contributed by atoms with E-state index in [1.54, 1.807) is 13.0 Å². The van der Waals surface area contributed by atoms with Crippen molar-refractivity contribution in [2.75, 3.05) is 0 Å². The van der Waals surface area contributed by atoms with Gasteiger partial charge in [0.25, 0.3) is 0 Å². The number of allylic oxidation sites excluding steroid dienone is 2. The highest BCUT2D eigenvalue weighted by Crippen LogP contribution is 2.72. The van der Waals surface area contributed by atoms with Gasteiger partial charge in [0, 0.05) is 5.41 Å². The van der Waals surface area contributed by atoms with E-state index in [1.807, 2.05) is 6.08 Å². The third-order valence-electron chi connectivity index (χ3n) is 3.03. The molecule has 2 heteroatoms. The van der Waals surface area contributed by atoms with Gasteiger partial charge in [-0.05, 0) is 37.7 Å². The largest absolute Gasteiger partial charge is 0.303 e. The molecule has 3 rings (SSSR count). The second kappa shape index (κ2) is 2.06. The van der Waals surface area contributed by atoms with E-state index in [1.165, 1.54) is 0 Å². The maximum Gasteiger partial charge on any atom is 0.152 e. The summed E-state index contributed by atoms with van der Waals surface area (Å²) in [6.45, 7) is 1.55. The molecule has 3 aliphatic rings. The number of hydrogen-bond donors (Lipinski definition) is 0. The van der Waals surface area contributed by atoms with Crippen LogP contribution in [0.4, 0.5) is 0 Å². The molecule has 0 aliphatic heterocycles. The molecule has 0 aromatic carbocycles. The van der Waals surface area contributed by atoms with Crippen LogP contribution in [0.5, 0.6) is 0 Å². The molecule has 12 heavy (non-hydrogen) atoms. The number of hydrogen-bond acceptors (Lipinski definition) is 2. The van der Waals surface area contributed by atoms with Gasteiger partial charge in [0.15, 0.2) is 5.78 Å². The molecule has 0 amide bonds. The quantitative estimate of drug-likeness (QED) is 0.468. The van der Waals surface area contributed by atoms with E-state index in [0.29, 0.717) is 0 Å². The Hall–Kier alpha value is -0.920. The molecule has 0 aromatic rings. The second-order valence-electron chi connectivity index (χ2n) is 4.32. The highest BCUT2D eigenvalue weighted by Gasteiger charge is 2.66. The van der Waals surface area contributed by atoms with Crippen LogP contribution in [0.3, 0.4) is 0 Å². The predicted octanol–water partition coefficient (Wildman–Crippen LogP) is 1.50. The highest BCUT2D eigenvalue weighted by molar-refractivity contribution is 5.87. The van der Waals surface area contributed by atoms with E-state index in [2.05, 4.69) is 0 Å². The first kappa shape index (κ1) is 7.71. The van der Waals surface area contributed by atoms with Gasteiger partial charge in [0.2, 0.25) is 0 Å². The molecule has 3 saturated carbocycles. The molecule has 0 saturated heterocycles. The van der Waals surface area contributed by atoms with Crippen LogP contribution in [-0.4, -0.2) is 12.1 Å². The summed E-state index contributed by atoms with van der Waals surface area (Å²) in [4.78, 5) is 21.2. The summed E-state index contributed by atoms with van der Waals surface area (Å²) in [6.07, 6.45) is 7.60. The van der Waals surface area contributed by atoms with Crippen LogP contribution in [0, 0.1) is 10.8 Å². The van der Waals surface area contributed by atoms with Crippen molar-refractivity contribution in [2.24, 2.45) is 10.8 Å². The van der Waals surface area contributed by atoms with Gasteiger partial charge in [0.1, 0.15) is 6.29 Å². The molecule has 0 radical (unpaired) electrons. The summed E-state index contributed by atoms with van der Waals surface area (Å²) in [5.41, 5.74) is 0.244. The first-order chi connectivity index (χ1) is 5.60. The summed E-state index contributed by atoms with van der Waals surface area (Å²) >= 11 is 0. The summed E-state index contributed by atoms with van der Waals surface area (Å²) in [5.74, 6) is 0.0971. The van der Waals surface area contributed by atoms with Crippen molar-refractivity contribution in [3.05, 3.63) is 12.2 Å². The van der Waals surface area contributed by atoms with E-state index >= 15 is 0 Å². The Kier molecular flexibility index (Phi) is 1.33. The van der Waals surface area contributed by atoms with Crippen molar-refractivity contribution in [1.29, 1.82) is 0 Å². The Bertz CT molecular complexity index is 256. The third kappa shape index (κ3) is 0.872. The van der Waals surface area contributed by atoms with Crippen LogP contribution in [0.25, 0.3) is 0 Å². The smallest absolute Gasteiger partial charge is 0.152 e. The summed E-state index contributed by atoms with van der Waals surface area (Å²) in [5, 5.41) is 0. The van der Waals surface area contributed by atoms with Crippen LogP contribution in [0.2, 0.25) is 0 Å². The summed E-state index contributed by atoms with van der Waals surface area (Å²) < 4.78 is 0. The molecule has 2 nitrogen and oxygen atoms in total. The molecule has 3 fully saturated rings. The minimum Gasteiger partial charge on any atom is -0.303 e. The monoisotopic (exact) mass is 164 g/mol. The van der Waals surface area contributed by atoms with Crippen molar-refractivity contribution in [1.82, 2.24) is 0 Å². The molecular weight excluding hydrogens is 152 g/mol. The Morgan fingerprint density at radius 1 is 1.25 bits per heavy atom. The van der Waals surface area contributed by atoms with Crippen molar-refractivity contribution >= 4 is 12.1 Å². The van der Waals surface area contributed by atoms with Crippen LogP contribution < -0.4 is 0 Å². The Labute approximate surface area is 71.6 Å². The number of aldehydes is 1. The number of carbonyl (C=O) groups is 2. The Morgan fingerprint density at radius 2 is 1.83 bits per heavy atom. The van der Waals surface area contributed by atoms with Crippen LogP contribution in [0.15, 0.2) is 12.2 Å². The first-order valence-electron chi connectivity index (χ1n) is 4.26. The van der Waals surface area contributed by atoms with Gasteiger partial charge < -0.3 is 4.79 Å². The first-order valence-corrected chi connectivity index (χ1v) is 4.26. The van der Waals surface area contributed by atoms with Crippen LogP contribution in [-0.2, 0) is 9.59 Å². The molecule has 0 heterocycles. The second-order valence-corrected chi connectivity index (χ2v) is 4.32. The van der Waals surface area contributed by atoms with Crippen molar-refractivity contribution in [3.8, 4) is 0 Å². The number of rotatable bonds is 3. The lowest BCUT2D eigenvalue weighted by molar-refractivity contribution is -0.172. The topological polar surface area (TPSA) is 34.1 Å². The van der Waals surface area contributed by atoms with Gasteiger partial charge in [-0.2, -0.15) is 0 Å². The molecule has 2 bridgehead atoms. The maximum atomic E-state index is 10.6. The fraction of sp³-hybridized carbons (Fsp3) is 0.600. The fourth-order valence-corrected chi connectivity index (χ4v) is 2.54. The Morgan fingerprint density at radius 3 is 2.25 bits per heavy atom. The average molecular weight is 164 g/mol. The van der Waals surface area contributed by atoms with Crippen LogP contribution in [0.1, 0.15) is 26.2 Å². The van der Waals surface area contributed by atoms with Gasteiger partial charge in [-0.15, -0.1) is 0 Å². The van der Waals surface area contributed by atoms with Gasteiger partial charge in [-0.25, -0.2) is 0 Å². The zero-order chi connectivity index (χ0) is 8.82. The summed E-state index contributed by atoms with van der Waals surface area (Å²) in [7, 11) is 0. The van der Waals surface area contributed by atoms with Crippen LogP contribution >= 0.6 is 0 Å². The van der Waals surface area contributed by atoms with Gasteiger partial charge >= 0.3 is 0 Å². The molecule has 64 valence electrons. The van der Waals surface area contributed by atoms with E-state index < -0.39 is 0 Å². The average Bonchev–Trinajstić information content (AvgIpc) is 1.82. The van der Waals surface area contributed by atoms with Gasteiger partial charge in [-0.3, -0.25) is 4.79 Å². The fourth-order valence-electron chi connectivity index (χ4n) is 2.54. The Balaban J connectivity index is 1.96. The normalized spacial score (nSPS) is 43.4. The molecule has 3 aliphatic carbocycles. The standard InChI is InChI=1S/C10H12O2/c1-8(12)2-3-9-4-10(5-9,6-9)7-11/h2-3,7H,4-6H2,1H3/b3-2+. The predicted molar refractivity (Wildman–Crippen MR) is 44.6 cm³/mol. The highest BCUT2D eigenvalue weighted by atomic mass is 16.1. The summed E-state index contributed by atoms with van der Waals surface area (Å²) in [6, 6.07) is 0. The van der Waals surface area contributed by atoms with Crippen molar-refractivity contribution in [2.45, 2.75) is 26.2 Å². The molecule has 0 N–H and O–H groups in total. The minimum absolute atomic E-state index is 0.0150. The molecular formula is C10H12O2. The van der Waals surface area contributed by atoms with E-state index in [-0.39, 0.29) is 16.6 Å².